The molecule has 5 nitrogen and oxygen atoms in total. The van der Waals surface area contributed by atoms with Crippen LogP contribution in [0.5, 0.6) is 11.5 Å². The zero-order valence-corrected chi connectivity index (χ0v) is 11.8. The van der Waals surface area contributed by atoms with Crippen LogP contribution in [0.3, 0.4) is 0 Å². The highest BCUT2D eigenvalue weighted by Crippen LogP contribution is 2.32. The molecule has 1 aromatic rings. The molecule has 0 aliphatic carbocycles. The number of nitrogens with zero attached hydrogens (tertiary/aromatic N) is 1. The summed E-state index contributed by atoms with van der Waals surface area (Å²) in [5.41, 5.74) is 0.910. The average Bonchev–Trinajstić information content (AvgIpc) is 2.92. The number of hydrogen-bond acceptors (Lipinski definition) is 4. The molecule has 0 aromatic heterocycles. The molecule has 0 saturated heterocycles. The van der Waals surface area contributed by atoms with Crippen molar-refractivity contribution in [2.75, 3.05) is 34.1 Å². The van der Waals surface area contributed by atoms with Crippen LogP contribution in [0.4, 0.5) is 0 Å². The number of amides is 1. The van der Waals surface area contributed by atoms with Gasteiger partial charge in [0.05, 0.1) is 0 Å². The second-order valence-electron chi connectivity index (χ2n) is 4.55. The van der Waals surface area contributed by atoms with E-state index in [1.165, 1.54) is 0 Å². The predicted octanol–water partition coefficient (Wildman–Crippen LogP) is 1.92. The Balaban J connectivity index is 1.90. The summed E-state index contributed by atoms with van der Waals surface area (Å²) in [5, 5.41) is 0. The van der Waals surface area contributed by atoms with E-state index in [1.54, 1.807) is 31.2 Å². The molecule has 0 bridgehead atoms. The molecule has 20 heavy (non-hydrogen) atoms. The van der Waals surface area contributed by atoms with Gasteiger partial charge in [-0.15, -0.1) is 0 Å². The molecule has 1 aliphatic heterocycles. The summed E-state index contributed by atoms with van der Waals surface area (Å²) in [6, 6.07) is 5.59. The number of hydrogen-bond donors (Lipinski definition) is 0. The first-order valence-corrected chi connectivity index (χ1v) is 6.52. The smallest absolute Gasteiger partial charge is 0.246 e. The van der Waals surface area contributed by atoms with E-state index in [-0.39, 0.29) is 12.7 Å². The SMILES string of the molecule is COCCCN(C)C(=O)/C=C/c1ccc2c(c1)OCO2. The van der Waals surface area contributed by atoms with Crippen LogP contribution < -0.4 is 9.47 Å². The van der Waals surface area contributed by atoms with E-state index in [1.807, 2.05) is 18.2 Å². The van der Waals surface area contributed by atoms with Gasteiger partial charge in [0, 0.05) is 33.4 Å². The summed E-state index contributed by atoms with van der Waals surface area (Å²) in [6.45, 7) is 1.59. The lowest BCUT2D eigenvalue weighted by molar-refractivity contribution is -0.124. The van der Waals surface area contributed by atoms with Crippen molar-refractivity contribution in [2.45, 2.75) is 6.42 Å². The zero-order chi connectivity index (χ0) is 14.4. The Morgan fingerprint density at radius 1 is 1.40 bits per heavy atom. The van der Waals surface area contributed by atoms with Crippen LogP contribution in [0.25, 0.3) is 6.08 Å². The summed E-state index contributed by atoms with van der Waals surface area (Å²) in [4.78, 5) is 13.6. The van der Waals surface area contributed by atoms with E-state index in [0.717, 1.165) is 17.7 Å². The first-order valence-electron chi connectivity index (χ1n) is 6.52. The number of carbonyl (C=O) groups excluding carboxylic acids is 1. The van der Waals surface area contributed by atoms with Gasteiger partial charge in [0.2, 0.25) is 12.7 Å². The van der Waals surface area contributed by atoms with Crippen LogP contribution in [0.2, 0.25) is 0 Å². The highest BCUT2D eigenvalue weighted by atomic mass is 16.7. The number of carbonyl (C=O) groups is 1. The van der Waals surface area contributed by atoms with Gasteiger partial charge in [-0.1, -0.05) is 6.07 Å². The van der Waals surface area contributed by atoms with Crippen molar-refractivity contribution >= 4 is 12.0 Å². The molecule has 108 valence electrons. The fourth-order valence-electron chi connectivity index (χ4n) is 1.87. The number of methoxy groups -OCH3 is 1. The van der Waals surface area contributed by atoms with Gasteiger partial charge in [-0.2, -0.15) is 0 Å². The minimum Gasteiger partial charge on any atom is -0.454 e. The van der Waals surface area contributed by atoms with Gasteiger partial charge in [0.25, 0.3) is 0 Å². The van der Waals surface area contributed by atoms with Crippen LogP contribution in [-0.4, -0.2) is 44.9 Å². The first kappa shape index (κ1) is 14.4. The lowest BCUT2D eigenvalue weighted by Crippen LogP contribution is -2.26. The molecule has 0 radical (unpaired) electrons. The topological polar surface area (TPSA) is 48.0 Å². The summed E-state index contributed by atoms with van der Waals surface area (Å²) in [6.07, 6.45) is 4.16. The Hall–Kier alpha value is -2.01. The second kappa shape index (κ2) is 6.96. The Kier molecular flexibility index (Phi) is 5.01. The molecule has 1 aromatic carbocycles. The molecule has 0 N–H and O–H groups in total. The van der Waals surface area contributed by atoms with Crippen molar-refractivity contribution in [1.29, 1.82) is 0 Å². The van der Waals surface area contributed by atoms with Crippen LogP contribution in [0.15, 0.2) is 24.3 Å². The summed E-state index contributed by atoms with van der Waals surface area (Å²) in [7, 11) is 3.43. The van der Waals surface area contributed by atoms with Gasteiger partial charge >= 0.3 is 0 Å². The lowest BCUT2D eigenvalue weighted by atomic mass is 10.2. The number of likely N-dealkylation sites (N-methyl/N-ethyl adjacent to an activating group) is 1. The maximum absolute atomic E-state index is 11.9. The molecule has 5 heteroatoms. The largest absolute Gasteiger partial charge is 0.454 e. The van der Waals surface area contributed by atoms with Gasteiger partial charge in [0.15, 0.2) is 11.5 Å². The molecule has 1 aliphatic rings. The maximum atomic E-state index is 11.9. The summed E-state index contributed by atoms with van der Waals surface area (Å²) >= 11 is 0. The molecule has 1 amide bonds. The third kappa shape index (κ3) is 3.74. The Bertz CT molecular complexity index is 499. The molecule has 0 unspecified atom stereocenters. The molecular formula is C15H19NO4. The normalized spacial score (nSPS) is 12.9. The Labute approximate surface area is 118 Å². The third-order valence-electron chi connectivity index (χ3n) is 3.03. The highest BCUT2D eigenvalue weighted by molar-refractivity contribution is 5.91. The van der Waals surface area contributed by atoms with Crippen LogP contribution in [0.1, 0.15) is 12.0 Å². The maximum Gasteiger partial charge on any atom is 0.246 e. The van der Waals surface area contributed by atoms with E-state index >= 15 is 0 Å². The molecular weight excluding hydrogens is 258 g/mol. The Morgan fingerprint density at radius 3 is 3.00 bits per heavy atom. The summed E-state index contributed by atoms with van der Waals surface area (Å²) < 4.78 is 15.5. The fraction of sp³-hybridized carbons (Fsp3) is 0.400. The van der Waals surface area contributed by atoms with E-state index in [9.17, 15) is 4.79 Å². The molecule has 1 heterocycles. The minimum absolute atomic E-state index is 0.0289. The number of benzene rings is 1. The molecule has 2 rings (SSSR count). The number of rotatable bonds is 6. The van der Waals surface area contributed by atoms with Crippen molar-refractivity contribution < 1.29 is 19.0 Å². The van der Waals surface area contributed by atoms with Crippen LogP contribution >= 0.6 is 0 Å². The predicted molar refractivity (Wildman–Crippen MR) is 75.7 cm³/mol. The van der Waals surface area contributed by atoms with Crippen molar-refractivity contribution in [1.82, 2.24) is 4.90 Å². The van der Waals surface area contributed by atoms with Crippen LogP contribution in [0, 0.1) is 0 Å². The summed E-state index contributed by atoms with van der Waals surface area (Å²) in [5.74, 6) is 1.43. The van der Waals surface area contributed by atoms with Gasteiger partial charge in [-0.05, 0) is 30.2 Å². The standard InChI is InChI=1S/C15H19NO4/c1-16(8-3-9-18-2)15(17)7-5-12-4-6-13-14(10-12)20-11-19-13/h4-7,10H,3,8-9,11H2,1-2H3/b7-5+. The van der Waals surface area contributed by atoms with E-state index in [4.69, 9.17) is 14.2 Å². The lowest BCUT2D eigenvalue weighted by Gasteiger charge is -2.14. The molecule has 0 saturated carbocycles. The molecule has 0 atom stereocenters. The Morgan fingerprint density at radius 2 is 2.20 bits per heavy atom. The number of ether oxygens (including phenoxy) is 3. The third-order valence-corrected chi connectivity index (χ3v) is 3.03. The van der Waals surface area contributed by atoms with E-state index in [2.05, 4.69) is 0 Å². The second-order valence-corrected chi connectivity index (χ2v) is 4.55. The minimum atomic E-state index is -0.0289. The average molecular weight is 277 g/mol. The zero-order valence-electron chi connectivity index (χ0n) is 11.8. The monoisotopic (exact) mass is 277 g/mol. The quantitative estimate of drug-likeness (QED) is 0.589. The first-order chi connectivity index (χ1) is 9.70. The van der Waals surface area contributed by atoms with Crippen molar-refractivity contribution in [3.63, 3.8) is 0 Å². The van der Waals surface area contributed by atoms with Gasteiger partial charge in [-0.25, -0.2) is 0 Å². The number of fused-ring (bicyclic) bond motifs is 1. The van der Waals surface area contributed by atoms with Gasteiger partial charge in [-0.3, -0.25) is 4.79 Å². The van der Waals surface area contributed by atoms with Crippen molar-refractivity contribution in [3.8, 4) is 11.5 Å². The van der Waals surface area contributed by atoms with E-state index in [0.29, 0.717) is 18.9 Å². The molecule has 0 fully saturated rings. The van der Waals surface area contributed by atoms with Gasteiger partial charge in [0.1, 0.15) is 0 Å². The van der Waals surface area contributed by atoms with Crippen molar-refractivity contribution in [3.05, 3.63) is 29.8 Å². The fourth-order valence-corrected chi connectivity index (χ4v) is 1.87. The highest BCUT2D eigenvalue weighted by Gasteiger charge is 2.12. The molecule has 0 spiro atoms. The van der Waals surface area contributed by atoms with Crippen molar-refractivity contribution in [2.24, 2.45) is 0 Å². The van der Waals surface area contributed by atoms with Crippen LogP contribution in [-0.2, 0) is 9.53 Å². The van der Waals surface area contributed by atoms with E-state index < -0.39 is 0 Å². The van der Waals surface area contributed by atoms with Gasteiger partial charge < -0.3 is 19.1 Å².